The number of benzene rings is 3. The van der Waals surface area contributed by atoms with Gasteiger partial charge in [-0.3, -0.25) is 0 Å². The number of rotatable bonds is 3. The van der Waals surface area contributed by atoms with Gasteiger partial charge in [0, 0.05) is 0 Å². The molecule has 0 atom stereocenters. The van der Waals surface area contributed by atoms with E-state index >= 15 is 0 Å². The molecule has 0 bridgehead atoms. The molecule has 0 N–H and O–H groups in total. The van der Waals surface area contributed by atoms with Gasteiger partial charge in [-0.05, 0) is 23.8 Å². The molecular formula is C18H17PRa. The Kier molecular flexibility index (Phi) is 6.46. The van der Waals surface area contributed by atoms with Crippen molar-refractivity contribution in [1.82, 2.24) is 0 Å². The van der Waals surface area contributed by atoms with Crippen LogP contribution in [0.25, 0.3) is 0 Å². The zero-order valence-electron chi connectivity index (χ0n) is 10.6. The SMILES string of the molecule is [RaH2].c1ccc(P(c2ccccc2)c2ccccc2)cc1. The molecule has 0 amide bonds. The first-order valence-electron chi connectivity index (χ1n) is 6.40. The molecule has 96 valence electrons. The van der Waals surface area contributed by atoms with Gasteiger partial charge in [-0.2, -0.15) is 0 Å². The summed E-state index contributed by atoms with van der Waals surface area (Å²) in [7, 11) is -0.446. The second-order valence-corrected chi connectivity index (χ2v) is 6.56. The van der Waals surface area contributed by atoms with Crippen molar-refractivity contribution in [1.29, 1.82) is 0 Å². The average molecular weight is 490 g/mol. The fourth-order valence-electron chi connectivity index (χ4n) is 2.18. The van der Waals surface area contributed by atoms with E-state index in [9.17, 15) is 0 Å². The van der Waals surface area contributed by atoms with Crippen LogP contribution >= 0.6 is 7.92 Å². The van der Waals surface area contributed by atoms with Crippen LogP contribution in [0.3, 0.4) is 0 Å². The molecule has 0 unspecified atom stereocenters. The van der Waals surface area contributed by atoms with Crippen molar-refractivity contribution in [2.75, 3.05) is 0 Å². The molecule has 0 aromatic heterocycles. The predicted octanol–water partition coefficient (Wildman–Crippen LogP) is 2.91. The maximum Gasteiger partial charge on any atom is -0.0134 e. The van der Waals surface area contributed by atoms with E-state index in [0.717, 1.165) is 0 Å². The third kappa shape index (κ3) is 3.81. The third-order valence-corrected chi connectivity index (χ3v) is 5.49. The van der Waals surface area contributed by atoms with Gasteiger partial charge in [0.15, 0.2) is 0 Å². The molecule has 0 aliphatic carbocycles. The Bertz CT molecular complexity index is 529. The summed E-state index contributed by atoms with van der Waals surface area (Å²) in [6, 6.07) is 32.3. The number of hydrogen-bond donors (Lipinski definition) is 0. The summed E-state index contributed by atoms with van der Waals surface area (Å²) in [5, 5.41) is 4.19. The monoisotopic (exact) mass is 490 g/mol. The Morgan fingerprint density at radius 3 is 0.900 bits per heavy atom. The van der Waals surface area contributed by atoms with Crippen molar-refractivity contribution < 1.29 is 45.0 Å². The molecule has 20 heavy (non-hydrogen) atoms. The normalized spacial score (nSPS) is 10.1. The van der Waals surface area contributed by atoms with Crippen molar-refractivity contribution in [3.63, 3.8) is 0 Å². The standard InChI is InChI=1S/C18H15P.Ra.2H/c1-4-10-16(11-5-1)19(17-12-6-2-7-13-17)18-14-8-3-9-15-18;;;/h1-15H;;;. The Balaban J connectivity index is 0.00000147. The maximum absolute atomic E-state index is 2.23. The van der Waals surface area contributed by atoms with E-state index in [1.54, 1.807) is 0 Å². The van der Waals surface area contributed by atoms with Crippen LogP contribution in [0.2, 0.25) is 0 Å². The molecule has 3 rings (SSSR count). The fourth-order valence-corrected chi connectivity index (χ4v) is 4.48. The van der Waals surface area contributed by atoms with Crippen molar-refractivity contribution in [3.8, 4) is 0 Å². The van der Waals surface area contributed by atoms with Crippen LogP contribution in [0.1, 0.15) is 0 Å². The minimum Gasteiger partial charge on any atom is -0.0622 e. The van der Waals surface area contributed by atoms with E-state index in [1.807, 2.05) is 0 Å². The summed E-state index contributed by atoms with van der Waals surface area (Å²) < 4.78 is 0. The zero-order chi connectivity index (χ0) is 12.9. The first-order chi connectivity index (χ1) is 9.45. The molecule has 0 heterocycles. The Hall–Kier alpha value is -0.442. The molecular weight excluding hydrogens is 473 g/mol. The zero-order valence-corrected chi connectivity index (χ0v) is 11.5. The fraction of sp³-hybridized carbons (Fsp3) is 0. The van der Waals surface area contributed by atoms with E-state index < -0.39 is 7.92 Å². The van der Waals surface area contributed by atoms with Gasteiger partial charge in [0.2, 0.25) is 0 Å². The molecule has 0 fully saturated rings. The van der Waals surface area contributed by atoms with Gasteiger partial charge in [-0.15, -0.1) is 0 Å². The average Bonchev–Trinajstić information content (AvgIpc) is 2.51. The molecule has 3 aromatic carbocycles. The van der Waals surface area contributed by atoms with Crippen LogP contribution in [0.15, 0.2) is 91.0 Å². The minimum atomic E-state index is -0.446. The van der Waals surface area contributed by atoms with Crippen LogP contribution in [0.4, 0.5) is 0 Å². The van der Waals surface area contributed by atoms with E-state index in [4.69, 9.17) is 0 Å². The Morgan fingerprint density at radius 2 is 0.650 bits per heavy atom. The molecule has 3 aromatic rings. The predicted molar refractivity (Wildman–Crippen MR) is 87.9 cm³/mol. The van der Waals surface area contributed by atoms with Gasteiger partial charge in [0.05, 0.1) is 0 Å². The first kappa shape index (κ1) is 15.9. The van der Waals surface area contributed by atoms with Crippen LogP contribution in [0.5, 0.6) is 0 Å². The van der Waals surface area contributed by atoms with Crippen molar-refractivity contribution in [2.45, 2.75) is 0 Å². The topological polar surface area (TPSA) is 0 Å². The van der Waals surface area contributed by atoms with E-state index in [1.165, 1.54) is 15.9 Å². The van der Waals surface area contributed by atoms with Gasteiger partial charge in [-0.25, -0.2) is 0 Å². The summed E-state index contributed by atoms with van der Waals surface area (Å²) in [5.41, 5.74) is 0. The second-order valence-electron chi connectivity index (χ2n) is 4.34. The van der Waals surface area contributed by atoms with Gasteiger partial charge in [-0.1, -0.05) is 91.0 Å². The summed E-state index contributed by atoms with van der Waals surface area (Å²) in [5.74, 6) is 0. The molecule has 0 radical (unpaired) electrons. The first-order valence-corrected chi connectivity index (χ1v) is 7.74. The summed E-state index contributed by atoms with van der Waals surface area (Å²) >= 11 is 0. The van der Waals surface area contributed by atoms with Gasteiger partial charge < -0.3 is 0 Å². The number of hydrogen-bond acceptors (Lipinski definition) is 0. The Labute approximate surface area is 158 Å². The van der Waals surface area contributed by atoms with Crippen molar-refractivity contribution >= 4 is 23.8 Å². The summed E-state index contributed by atoms with van der Waals surface area (Å²) in [6.07, 6.45) is 0. The van der Waals surface area contributed by atoms with Crippen molar-refractivity contribution in [2.24, 2.45) is 0 Å². The quantitative estimate of drug-likeness (QED) is 0.496. The largest absolute Gasteiger partial charge is 0.0622 e. The molecule has 0 spiro atoms. The Morgan fingerprint density at radius 1 is 0.400 bits per heavy atom. The van der Waals surface area contributed by atoms with Crippen LogP contribution in [0, 0.1) is 45.0 Å². The van der Waals surface area contributed by atoms with Gasteiger partial charge in [0.25, 0.3) is 0 Å². The smallest absolute Gasteiger partial charge is 0.0134 e. The summed E-state index contributed by atoms with van der Waals surface area (Å²) in [6.45, 7) is 0. The van der Waals surface area contributed by atoms with Crippen LogP contribution < -0.4 is 15.9 Å². The third-order valence-electron chi connectivity index (χ3n) is 3.04. The molecule has 0 saturated heterocycles. The van der Waals surface area contributed by atoms with Gasteiger partial charge >= 0.3 is 45.0 Å². The molecule has 0 nitrogen and oxygen atoms in total. The summed E-state index contributed by atoms with van der Waals surface area (Å²) in [4.78, 5) is 0. The molecule has 0 aliphatic rings. The maximum atomic E-state index is 2.23. The molecule has 0 saturated carbocycles. The second kappa shape index (κ2) is 8.11. The molecule has 0 aliphatic heterocycles. The van der Waals surface area contributed by atoms with Crippen LogP contribution in [-0.2, 0) is 0 Å². The molecule has 2 heteroatoms. The van der Waals surface area contributed by atoms with Crippen LogP contribution in [-0.4, -0.2) is 0 Å². The minimum absolute atomic E-state index is 0. The van der Waals surface area contributed by atoms with E-state index in [2.05, 4.69) is 91.0 Å². The van der Waals surface area contributed by atoms with Crippen molar-refractivity contribution in [3.05, 3.63) is 91.0 Å². The van der Waals surface area contributed by atoms with Gasteiger partial charge in [0.1, 0.15) is 0 Å². The van der Waals surface area contributed by atoms with E-state index in [-0.39, 0.29) is 45.0 Å². The van der Waals surface area contributed by atoms with E-state index in [0.29, 0.717) is 0 Å².